The van der Waals surface area contributed by atoms with Crippen molar-refractivity contribution < 1.29 is 9.53 Å². The summed E-state index contributed by atoms with van der Waals surface area (Å²) in [6, 6.07) is 0. The van der Waals surface area contributed by atoms with Crippen molar-refractivity contribution in [3.05, 3.63) is 0 Å². The summed E-state index contributed by atoms with van der Waals surface area (Å²) < 4.78 is 5.05. The van der Waals surface area contributed by atoms with Crippen molar-refractivity contribution in [1.82, 2.24) is 5.32 Å². The van der Waals surface area contributed by atoms with E-state index in [2.05, 4.69) is 33.0 Å². The summed E-state index contributed by atoms with van der Waals surface area (Å²) in [6.07, 6.45) is 4.19. The van der Waals surface area contributed by atoms with Gasteiger partial charge >= 0.3 is 5.97 Å². The molecular formula is C12H25NO2. The standard InChI is InChI=1S/C12H25NO2/c1-5-7-9-15-11(14)10-13-12(3,4)8-6-2/h13H,5-10H2,1-4H3. The molecule has 0 bridgehead atoms. The molecule has 0 fully saturated rings. The Hall–Kier alpha value is -0.570. The minimum absolute atomic E-state index is 0.0263. The van der Waals surface area contributed by atoms with Crippen LogP contribution < -0.4 is 5.32 Å². The molecule has 0 amide bonds. The van der Waals surface area contributed by atoms with E-state index in [-0.39, 0.29) is 11.5 Å². The molecule has 0 aromatic carbocycles. The highest BCUT2D eigenvalue weighted by atomic mass is 16.5. The molecule has 0 rings (SSSR count). The van der Waals surface area contributed by atoms with Gasteiger partial charge in [-0.1, -0.05) is 26.7 Å². The molecule has 0 aromatic heterocycles. The first-order chi connectivity index (χ1) is 7.02. The van der Waals surface area contributed by atoms with Crippen LogP contribution >= 0.6 is 0 Å². The molecule has 0 heterocycles. The first kappa shape index (κ1) is 14.4. The van der Waals surface area contributed by atoms with Crippen LogP contribution in [0.3, 0.4) is 0 Å². The molecule has 0 atom stereocenters. The zero-order valence-corrected chi connectivity index (χ0v) is 10.6. The van der Waals surface area contributed by atoms with E-state index in [0.717, 1.165) is 25.7 Å². The number of rotatable bonds is 8. The molecule has 0 aromatic rings. The fraction of sp³-hybridized carbons (Fsp3) is 0.917. The second-order valence-electron chi connectivity index (χ2n) is 4.56. The van der Waals surface area contributed by atoms with Gasteiger partial charge in [0.25, 0.3) is 0 Å². The van der Waals surface area contributed by atoms with Crippen molar-refractivity contribution in [2.45, 2.75) is 58.9 Å². The number of carbonyl (C=O) groups excluding carboxylic acids is 1. The van der Waals surface area contributed by atoms with Crippen LogP contribution in [0, 0.1) is 0 Å². The van der Waals surface area contributed by atoms with Crippen LogP contribution in [0.15, 0.2) is 0 Å². The molecule has 0 radical (unpaired) electrons. The van der Waals surface area contributed by atoms with Gasteiger partial charge in [-0.15, -0.1) is 0 Å². The average Bonchev–Trinajstić information content (AvgIpc) is 2.15. The molecule has 1 N–H and O–H groups in total. The van der Waals surface area contributed by atoms with Crippen molar-refractivity contribution in [3.8, 4) is 0 Å². The number of hydrogen-bond acceptors (Lipinski definition) is 3. The summed E-state index contributed by atoms with van der Waals surface area (Å²) in [4.78, 5) is 11.3. The maximum absolute atomic E-state index is 11.3. The van der Waals surface area contributed by atoms with Gasteiger partial charge in [0, 0.05) is 5.54 Å². The minimum Gasteiger partial charge on any atom is -0.465 e. The van der Waals surface area contributed by atoms with E-state index in [0.29, 0.717) is 13.2 Å². The van der Waals surface area contributed by atoms with E-state index in [1.807, 2.05) is 0 Å². The van der Waals surface area contributed by atoms with Gasteiger partial charge in [-0.2, -0.15) is 0 Å². The largest absolute Gasteiger partial charge is 0.465 e. The molecule has 0 aliphatic carbocycles. The number of esters is 1. The molecule has 3 nitrogen and oxygen atoms in total. The third kappa shape index (κ3) is 8.43. The van der Waals surface area contributed by atoms with Crippen molar-refractivity contribution in [2.75, 3.05) is 13.2 Å². The monoisotopic (exact) mass is 215 g/mol. The van der Waals surface area contributed by atoms with E-state index in [9.17, 15) is 4.79 Å². The zero-order chi connectivity index (χ0) is 11.7. The number of unbranched alkanes of at least 4 members (excludes halogenated alkanes) is 1. The topological polar surface area (TPSA) is 38.3 Å². The van der Waals surface area contributed by atoms with Crippen LogP contribution in [0.25, 0.3) is 0 Å². The lowest BCUT2D eigenvalue weighted by Gasteiger charge is -2.25. The Morgan fingerprint density at radius 2 is 1.93 bits per heavy atom. The Morgan fingerprint density at radius 3 is 2.47 bits per heavy atom. The van der Waals surface area contributed by atoms with E-state index in [1.165, 1.54) is 0 Å². The van der Waals surface area contributed by atoms with E-state index in [1.54, 1.807) is 0 Å². The highest BCUT2D eigenvalue weighted by Crippen LogP contribution is 2.09. The van der Waals surface area contributed by atoms with Crippen LogP contribution in [0.1, 0.15) is 53.4 Å². The molecule has 0 unspecified atom stereocenters. The number of carbonyl (C=O) groups is 1. The predicted octanol–water partition coefficient (Wildman–Crippen LogP) is 2.50. The smallest absolute Gasteiger partial charge is 0.319 e. The van der Waals surface area contributed by atoms with Gasteiger partial charge in [0.1, 0.15) is 0 Å². The molecule has 3 heteroatoms. The van der Waals surface area contributed by atoms with Crippen LogP contribution in [0.4, 0.5) is 0 Å². The second-order valence-corrected chi connectivity index (χ2v) is 4.56. The Kier molecular flexibility index (Phi) is 7.39. The van der Waals surface area contributed by atoms with Gasteiger partial charge in [0.05, 0.1) is 13.2 Å². The summed E-state index contributed by atoms with van der Waals surface area (Å²) in [5.74, 6) is -0.146. The molecule has 15 heavy (non-hydrogen) atoms. The first-order valence-electron chi connectivity index (χ1n) is 5.92. The van der Waals surface area contributed by atoms with Crippen LogP contribution in [-0.4, -0.2) is 24.7 Å². The molecular weight excluding hydrogens is 190 g/mol. The van der Waals surface area contributed by atoms with Crippen LogP contribution in [0.2, 0.25) is 0 Å². The molecule has 0 aliphatic rings. The Labute approximate surface area is 93.6 Å². The summed E-state index contributed by atoms with van der Waals surface area (Å²) in [6.45, 7) is 9.30. The van der Waals surface area contributed by atoms with Crippen molar-refractivity contribution in [3.63, 3.8) is 0 Å². The summed E-state index contributed by atoms with van der Waals surface area (Å²) >= 11 is 0. The maximum atomic E-state index is 11.3. The third-order valence-corrected chi connectivity index (χ3v) is 2.35. The van der Waals surface area contributed by atoms with E-state index in [4.69, 9.17) is 4.74 Å². The van der Waals surface area contributed by atoms with Gasteiger partial charge in [-0.05, 0) is 26.7 Å². The van der Waals surface area contributed by atoms with Gasteiger partial charge in [-0.25, -0.2) is 0 Å². The van der Waals surface area contributed by atoms with Gasteiger partial charge < -0.3 is 10.1 Å². The first-order valence-corrected chi connectivity index (χ1v) is 5.92. The summed E-state index contributed by atoms with van der Waals surface area (Å²) in [5.41, 5.74) is 0.0263. The molecule has 0 saturated heterocycles. The zero-order valence-electron chi connectivity index (χ0n) is 10.6. The number of hydrogen-bond donors (Lipinski definition) is 1. The molecule has 0 saturated carbocycles. The SMILES string of the molecule is CCCCOC(=O)CNC(C)(C)CCC. The number of nitrogens with one attached hydrogen (secondary N) is 1. The lowest BCUT2D eigenvalue weighted by Crippen LogP contribution is -2.42. The highest BCUT2D eigenvalue weighted by Gasteiger charge is 2.17. The fourth-order valence-corrected chi connectivity index (χ4v) is 1.41. The maximum Gasteiger partial charge on any atom is 0.319 e. The Bertz CT molecular complexity index is 178. The summed E-state index contributed by atoms with van der Waals surface area (Å²) in [7, 11) is 0. The normalized spacial score (nSPS) is 11.5. The quantitative estimate of drug-likeness (QED) is 0.499. The minimum atomic E-state index is -0.146. The van der Waals surface area contributed by atoms with E-state index < -0.39 is 0 Å². The predicted molar refractivity (Wildman–Crippen MR) is 62.9 cm³/mol. The van der Waals surface area contributed by atoms with Crippen molar-refractivity contribution in [1.29, 1.82) is 0 Å². The fourth-order valence-electron chi connectivity index (χ4n) is 1.41. The van der Waals surface area contributed by atoms with Gasteiger partial charge in [-0.3, -0.25) is 4.79 Å². The second kappa shape index (κ2) is 7.69. The Balaban J connectivity index is 3.60. The van der Waals surface area contributed by atoms with Crippen LogP contribution in [-0.2, 0) is 9.53 Å². The molecule has 90 valence electrons. The van der Waals surface area contributed by atoms with Crippen molar-refractivity contribution in [2.24, 2.45) is 0 Å². The highest BCUT2D eigenvalue weighted by molar-refractivity contribution is 5.71. The Morgan fingerprint density at radius 1 is 1.27 bits per heavy atom. The lowest BCUT2D eigenvalue weighted by molar-refractivity contribution is -0.143. The third-order valence-electron chi connectivity index (χ3n) is 2.35. The van der Waals surface area contributed by atoms with E-state index >= 15 is 0 Å². The van der Waals surface area contributed by atoms with Crippen molar-refractivity contribution >= 4 is 5.97 Å². The van der Waals surface area contributed by atoms with Crippen LogP contribution in [0.5, 0.6) is 0 Å². The molecule has 0 spiro atoms. The van der Waals surface area contributed by atoms with Gasteiger partial charge in [0.15, 0.2) is 0 Å². The van der Waals surface area contributed by atoms with Gasteiger partial charge in [0.2, 0.25) is 0 Å². The molecule has 0 aliphatic heterocycles. The average molecular weight is 215 g/mol. The number of ether oxygens (including phenoxy) is 1. The lowest BCUT2D eigenvalue weighted by atomic mass is 9.99. The summed E-state index contributed by atoms with van der Waals surface area (Å²) in [5, 5.41) is 3.21.